The smallest absolute Gasteiger partial charge is 0.305 e. The first-order valence-electron chi connectivity index (χ1n) is 4.30. The molecule has 0 aliphatic heterocycles. The Hall–Kier alpha value is -1.14. The van der Waals surface area contributed by atoms with Gasteiger partial charge in [-0.05, 0) is 12.8 Å². The van der Waals surface area contributed by atoms with Gasteiger partial charge in [-0.1, -0.05) is 0 Å². The maximum atomic E-state index is 10.2. The standard InChI is InChI=1S/C8H15NO5/c9-5(4-8(13)14)6(10)2-1-3-7(11)12/h5-6,10H,1-4,9H2,(H,11,12)(H,13,14). The van der Waals surface area contributed by atoms with Crippen LogP contribution in [0.5, 0.6) is 0 Å². The highest BCUT2D eigenvalue weighted by Crippen LogP contribution is 2.06. The average molecular weight is 205 g/mol. The molecule has 0 fully saturated rings. The molecule has 82 valence electrons. The van der Waals surface area contributed by atoms with E-state index in [1.165, 1.54) is 0 Å². The van der Waals surface area contributed by atoms with Crippen molar-refractivity contribution in [2.24, 2.45) is 5.73 Å². The minimum absolute atomic E-state index is 0.0448. The molecule has 2 unspecified atom stereocenters. The lowest BCUT2D eigenvalue weighted by atomic mass is 10.0. The van der Waals surface area contributed by atoms with E-state index < -0.39 is 24.1 Å². The topological polar surface area (TPSA) is 121 Å². The molecule has 0 spiro atoms. The Balaban J connectivity index is 3.66. The summed E-state index contributed by atoms with van der Waals surface area (Å²) in [5.74, 6) is -2.02. The normalized spacial score (nSPS) is 14.7. The minimum atomic E-state index is -1.07. The fourth-order valence-electron chi connectivity index (χ4n) is 1.01. The summed E-state index contributed by atoms with van der Waals surface area (Å²) in [5, 5.41) is 26.0. The summed E-state index contributed by atoms with van der Waals surface area (Å²) in [5.41, 5.74) is 5.36. The van der Waals surface area contributed by atoms with Crippen LogP contribution >= 0.6 is 0 Å². The Morgan fingerprint density at radius 2 is 1.79 bits per heavy atom. The molecule has 0 aromatic carbocycles. The van der Waals surface area contributed by atoms with E-state index in [0.717, 1.165) is 0 Å². The summed E-state index contributed by atoms with van der Waals surface area (Å²) in [6, 6.07) is -0.832. The van der Waals surface area contributed by atoms with E-state index in [1.54, 1.807) is 0 Å². The van der Waals surface area contributed by atoms with Crippen molar-refractivity contribution >= 4 is 11.9 Å². The Morgan fingerprint density at radius 1 is 1.21 bits per heavy atom. The highest BCUT2D eigenvalue weighted by Gasteiger charge is 2.17. The van der Waals surface area contributed by atoms with E-state index in [1.807, 2.05) is 0 Å². The number of carbonyl (C=O) groups is 2. The third-order valence-corrected chi connectivity index (χ3v) is 1.80. The number of rotatable bonds is 7. The van der Waals surface area contributed by atoms with Crippen molar-refractivity contribution in [3.8, 4) is 0 Å². The molecule has 0 aromatic heterocycles. The van der Waals surface area contributed by atoms with Crippen LogP contribution in [0.4, 0.5) is 0 Å². The zero-order valence-electron chi connectivity index (χ0n) is 7.72. The predicted molar refractivity (Wildman–Crippen MR) is 47.7 cm³/mol. The van der Waals surface area contributed by atoms with Crippen molar-refractivity contribution < 1.29 is 24.9 Å². The third-order valence-electron chi connectivity index (χ3n) is 1.80. The maximum Gasteiger partial charge on any atom is 0.305 e. The summed E-state index contributed by atoms with van der Waals surface area (Å²) in [6.07, 6.45) is -0.805. The van der Waals surface area contributed by atoms with Gasteiger partial charge in [0.25, 0.3) is 0 Å². The molecular formula is C8H15NO5. The number of hydrogen-bond acceptors (Lipinski definition) is 4. The van der Waals surface area contributed by atoms with Crippen LogP contribution in [-0.4, -0.2) is 39.4 Å². The predicted octanol–water partition coefficient (Wildman–Crippen LogP) is -0.596. The molecule has 0 saturated carbocycles. The van der Waals surface area contributed by atoms with Crippen LogP contribution in [-0.2, 0) is 9.59 Å². The molecule has 6 heteroatoms. The van der Waals surface area contributed by atoms with Crippen LogP contribution in [0.25, 0.3) is 0 Å². The summed E-state index contributed by atoms with van der Waals surface area (Å²) < 4.78 is 0. The van der Waals surface area contributed by atoms with E-state index in [9.17, 15) is 14.7 Å². The summed E-state index contributed by atoms with van der Waals surface area (Å²) in [7, 11) is 0. The second-order valence-electron chi connectivity index (χ2n) is 3.12. The Labute approximate surface area is 81.3 Å². The Kier molecular flexibility index (Phi) is 5.82. The van der Waals surface area contributed by atoms with E-state index >= 15 is 0 Å². The summed E-state index contributed by atoms with van der Waals surface area (Å²) in [6.45, 7) is 0. The van der Waals surface area contributed by atoms with Crippen molar-refractivity contribution in [2.45, 2.75) is 37.8 Å². The molecule has 0 aromatic rings. The van der Waals surface area contributed by atoms with Crippen molar-refractivity contribution in [1.82, 2.24) is 0 Å². The molecule has 14 heavy (non-hydrogen) atoms. The number of nitrogens with two attached hydrogens (primary N) is 1. The van der Waals surface area contributed by atoms with Gasteiger partial charge in [0.2, 0.25) is 0 Å². The van der Waals surface area contributed by atoms with Gasteiger partial charge in [0.15, 0.2) is 0 Å². The molecule has 0 aliphatic carbocycles. The number of hydrogen-bond donors (Lipinski definition) is 4. The summed E-state index contributed by atoms with van der Waals surface area (Å²) >= 11 is 0. The molecule has 2 atom stereocenters. The van der Waals surface area contributed by atoms with Gasteiger partial charge in [-0.2, -0.15) is 0 Å². The van der Waals surface area contributed by atoms with Crippen molar-refractivity contribution in [3.05, 3.63) is 0 Å². The van der Waals surface area contributed by atoms with Crippen molar-refractivity contribution in [2.75, 3.05) is 0 Å². The lowest BCUT2D eigenvalue weighted by Crippen LogP contribution is -2.36. The summed E-state index contributed by atoms with van der Waals surface area (Å²) in [4.78, 5) is 20.3. The van der Waals surface area contributed by atoms with Gasteiger partial charge in [-0.3, -0.25) is 9.59 Å². The monoisotopic (exact) mass is 205 g/mol. The molecule has 0 bridgehead atoms. The first-order chi connectivity index (χ1) is 6.43. The zero-order valence-corrected chi connectivity index (χ0v) is 7.72. The molecule has 0 amide bonds. The van der Waals surface area contributed by atoms with Gasteiger partial charge in [-0.15, -0.1) is 0 Å². The SMILES string of the molecule is NC(CC(=O)O)C(O)CCCC(=O)O. The van der Waals surface area contributed by atoms with Crippen LogP contribution in [0.15, 0.2) is 0 Å². The van der Waals surface area contributed by atoms with Crippen molar-refractivity contribution in [3.63, 3.8) is 0 Å². The fraction of sp³-hybridized carbons (Fsp3) is 0.750. The van der Waals surface area contributed by atoms with Crippen LogP contribution < -0.4 is 5.73 Å². The van der Waals surface area contributed by atoms with E-state index in [0.29, 0.717) is 6.42 Å². The Bertz CT molecular complexity index is 206. The number of aliphatic carboxylic acids is 2. The number of aliphatic hydroxyl groups excluding tert-OH is 1. The molecule has 0 saturated heterocycles. The van der Waals surface area contributed by atoms with Gasteiger partial charge < -0.3 is 21.1 Å². The van der Waals surface area contributed by atoms with Gasteiger partial charge in [0, 0.05) is 12.5 Å². The van der Waals surface area contributed by atoms with Crippen LogP contribution in [0.1, 0.15) is 25.7 Å². The number of aliphatic hydroxyl groups is 1. The van der Waals surface area contributed by atoms with E-state index in [-0.39, 0.29) is 19.3 Å². The van der Waals surface area contributed by atoms with Gasteiger partial charge in [0.05, 0.1) is 12.5 Å². The van der Waals surface area contributed by atoms with Crippen molar-refractivity contribution in [1.29, 1.82) is 0 Å². The molecule has 0 rings (SSSR count). The molecule has 0 radical (unpaired) electrons. The molecule has 5 N–H and O–H groups in total. The first-order valence-corrected chi connectivity index (χ1v) is 4.30. The van der Waals surface area contributed by atoms with Gasteiger partial charge in [0.1, 0.15) is 0 Å². The molecule has 0 aliphatic rings. The molecule has 0 heterocycles. The largest absolute Gasteiger partial charge is 0.481 e. The minimum Gasteiger partial charge on any atom is -0.481 e. The lowest BCUT2D eigenvalue weighted by molar-refractivity contribution is -0.139. The van der Waals surface area contributed by atoms with Gasteiger partial charge >= 0.3 is 11.9 Å². The lowest BCUT2D eigenvalue weighted by Gasteiger charge is -2.16. The second kappa shape index (κ2) is 6.33. The van der Waals surface area contributed by atoms with E-state index in [4.69, 9.17) is 15.9 Å². The Morgan fingerprint density at radius 3 is 2.21 bits per heavy atom. The molecule has 6 nitrogen and oxygen atoms in total. The quantitative estimate of drug-likeness (QED) is 0.440. The van der Waals surface area contributed by atoms with E-state index in [2.05, 4.69) is 0 Å². The first kappa shape index (κ1) is 12.9. The van der Waals surface area contributed by atoms with Crippen LogP contribution in [0, 0.1) is 0 Å². The highest BCUT2D eigenvalue weighted by atomic mass is 16.4. The maximum absolute atomic E-state index is 10.2. The zero-order chi connectivity index (χ0) is 11.1. The average Bonchev–Trinajstić information content (AvgIpc) is 2.01. The number of carboxylic acids is 2. The second-order valence-corrected chi connectivity index (χ2v) is 3.12. The molecular weight excluding hydrogens is 190 g/mol. The van der Waals surface area contributed by atoms with Gasteiger partial charge in [-0.25, -0.2) is 0 Å². The van der Waals surface area contributed by atoms with Crippen LogP contribution in [0.3, 0.4) is 0 Å². The third kappa shape index (κ3) is 6.38. The number of carboxylic acid groups (broad SMARTS) is 2. The van der Waals surface area contributed by atoms with Crippen LogP contribution in [0.2, 0.25) is 0 Å². The fourth-order valence-corrected chi connectivity index (χ4v) is 1.01. The highest BCUT2D eigenvalue weighted by molar-refractivity contribution is 5.67.